The molecule has 0 saturated carbocycles. The number of allylic oxidation sites excluding steroid dienone is 1. The van der Waals surface area contributed by atoms with Crippen LogP contribution in [0.1, 0.15) is 12.5 Å². The summed E-state index contributed by atoms with van der Waals surface area (Å²) in [4.78, 5) is 58.5. The number of carboxylic acids is 2. The number of β-lactam (4-membered cyclic amide) rings is 1. The number of nitrogens with one attached hydrogen (secondary N) is 1. The van der Waals surface area contributed by atoms with E-state index in [1.165, 1.54) is 16.7 Å². The van der Waals surface area contributed by atoms with E-state index in [1.54, 1.807) is 6.08 Å². The number of likely N-dealkylation sites (N-methyl/N-ethyl adjacent to an activating group) is 1. The topological polar surface area (TPSA) is 170 Å². The summed E-state index contributed by atoms with van der Waals surface area (Å²) in [6.07, 6.45) is -1.53. The predicted molar refractivity (Wildman–Crippen MR) is 136 cm³/mol. The van der Waals surface area contributed by atoms with Gasteiger partial charge in [0.15, 0.2) is 6.54 Å². The second-order valence-electron chi connectivity index (χ2n) is 9.23. The van der Waals surface area contributed by atoms with E-state index in [1.807, 2.05) is 50.4 Å². The Kier molecular flexibility index (Phi) is 10.9. The molecule has 0 radical (unpaired) electrons. The molecule has 4 N–H and O–H groups in total. The minimum Gasteiger partial charge on any atom is -0.542 e. The molecule has 15 heteroatoms. The van der Waals surface area contributed by atoms with Gasteiger partial charge in [0, 0.05) is 5.75 Å². The minimum absolute atomic E-state index is 0.0610. The summed E-state index contributed by atoms with van der Waals surface area (Å²) in [5.74, 6) is -4.92. The van der Waals surface area contributed by atoms with Gasteiger partial charge >= 0.3 is 12.1 Å². The van der Waals surface area contributed by atoms with E-state index < -0.39 is 41.3 Å². The number of hydrogen-bond donors (Lipinski definition) is 3. The van der Waals surface area contributed by atoms with Crippen molar-refractivity contribution in [2.24, 2.45) is 5.73 Å². The lowest BCUT2D eigenvalue weighted by molar-refractivity contribution is -0.894. The molecule has 2 aliphatic rings. The van der Waals surface area contributed by atoms with Gasteiger partial charge in [0.25, 0.3) is 11.8 Å². The van der Waals surface area contributed by atoms with Gasteiger partial charge in [0.1, 0.15) is 23.1 Å². The van der Waals surface area contributed by atoms with Crippen LogP contribution in [0.25, 0.3) is 0 Å². The Balaban J connectivity index is 0.000000708. The Morgan fingerprint density at radius 2 is 1.85 bits per heavy atom. The molecule has 1 fully saturated rings. The van der Waals surface area contributed by atoms with Crippen molar-refractivity contribution < 1.29 is 51.8 Å². The highest BCUT2D eigenvalue weighted by molar-refractivity contribution is 8.00. The number of thioether (sulfide) groups is 1. The molecule has 0 aliphatic carbocycles. The van der Waals surface area contributed by atoms with Gasteiger partial charge in [-0.3, -0.25) is 19.3 Å². The lowest BCUT2D eigenvalue weighted by Crippen LogP contribution is -2.70. The van der Waals surface area contributed by atoms with Crippen molar-refractivity contribution in [2.75, 3.05) is 32.4 Å². The van der Waals surface area contributed by atoms with Crippen LogP contribution in [0.5, 0.6) is 0 Å². The maximum atomic E-state index is 12.8. The summed E-state index contributed by atoms with van der Waals surface area (Å²) in [7, 11) is 1.90. The largest absolute Gasteiger partial charge is 0.542 e. The Bertz CT molecular complexity index is 1210. The fourth-order valence-corrected chi connectivity index (χ4v) is 5.23. The highest BCUT2D eigenvalue weighted by atomic mass is 32.2. The number of carbonyl (C=O) groups excluding carboxylic acids is 4. The quantitative estimate of drug-likeness (QED) is 0.250. The molecular formula is C25H29F3N4O7S. The first-order chi connectivity index (χ1) is 18.6. The number of primary amides is 1. The summed E-state index contributed by atoms with van der Waals surface area (Å²) in [5, 5.41) is 20.9. The number of hydrogen-bond acceptors (Lipinski definition) is 7. The number of nitrogens with zero attached hydrogens (tertiary/aromatic N) is 2. The van der Waals surface area contributed by atoms with E-state index in [9.17, 15) is 37.5 Å². The number of carboxylic acid groups (broad SMARTS) is 2. The Labute approximate surface area is 232 Å². The molecule has 11 nitrogen and oxygen atoms in total. The number of aliphatic carboxylic acids is 2. The van der Waals surface area contributed by atoms with E-state index >= 15 is 0 Å². The number of carbonyl (C=O) groups is 5. The first kappa shape index (κ1) is 32.4. The molecule has 1 aromatic rings. The third kappa shape index (κ3) is 8.58. The number of nitrogens with two attached hydrogens (primary N) is 1. The molecule has 1 aromatic carbocycles. The smallest absolute Gasteiger partial charge is 0.430 e. The maximum absolute atomic E-state index is 12.8. The average Bonchev–Trinajstić information content (AvgIpc) is 2.86. The maximum Gasteiger partial charge on any atom is 0.430 e. The van der Waals surface area contributed by atoms with Crippen LogP contribution >= 0.6 is 11.8 Å². The highest BCUT2D eigenvalue weighted by Crippen LogP contribution is 2.40. The molecule has 0 aromatic heterocycles. The van der Waals surface area contributed by atoms with E-state index in [0.29, 0.717) is 28.9 Å². The molecule has 3 atom stereocenters. The van der Waals surface area contributed by atoms with Crippen molar-refractivity contribution in [1.29, 1.82) is 0 Å². The molecule has 2 aliphatic heterocycles. The average molecular weight is 587 g/mol. The Morgan fingerprint density at radius 1 is 1.25 bits per heavy atom. The van der Waals surface area contributed by atoms with Gasteiger partial charge in [0.05, 0.1) is 26.6 Å². The van der Waals surface area contributed by atoms with Crippen molar-refractivity contribution in [2.45, 2.75) is 30.9 Å². The van der Waals surface area contributed by atoms with E-state index in [2.05, 4.69) is 5.32 Å². The molecule has 3 amide bonds. The molecule has 1 unspecified atom stereocenters. The number of halogens is 3. The minimum atomic E-state index is -5.19. The first-order valence-electron chi connectivity index (χ1n) is 11.9. The molecule has 2 heterocycles. The predicted octanol–water partition coefficient (Wildman–Crippen LogP) is -0.226. The number of quaternary nitrogens is 1. The zero-order chi connectivity index (χ0) is 30.3. The second kappa shape index (κ2) is 13.5. The van der Waals surface area contributed by atoms with Crippen LogP contribution in [0.2, 0.25) is 0 Å². The van der Waals surface area contributed by atoms with Gasteiger partial charge in [-0.15, -0.1) is 11.8 Å². The Hall–Kier alpha value is -3.85. The monoisotopic (exact) mass is 586 g/mol. The van der Waals surface area contributed by atoms with Gasteiger partial charge in [-0.2, -0.15) is 13.2 Å². The zero-order valence-corrected chi connectivity index (χ0v) is 22.5. The van der Waals surface area contributed by atoms with Crippen molar-refractivity contribution in [1.82, 2.24) is 10.2 Å². The zero-order valence-electron chi connectivity index (χ0n) is 21.6. The van der Waals surface area contributed by atoms with E-state index in [0.717, 1.165) is 5.56 Å². The lowest BCUT2D eigenvalue weighted by Gasteiger charge is -2.49. The second-order valence-corrected chi connectivity index (χ2v) is 10.3. The van der Waals surface area contributed by atoms with Crippen LogP contribution in [0.15, 0.2) is 53.8 Å². The number of alkyl halides is 3. The highest BCUT2D eigenvalue weighted by Gasteiger charge is 2.53. The van der Waals surface area contributed by atoms with Crippen LogP contribution in [0.4, 0.5) is 13.2 Å². The van der Waals surface area contributed by atoms with E-state index in [-0.39, 0.29) is 24.6 Å². The summed E-state index contributed by atoms with van der Waals surface area (Å²) >= 11 is 1.42. The van der Waals surface area contributed by atoms with Crippen molar-refractivity contribution in [3.63, 3.8) is 0 Å². The lowest BCUT2D eigenvalue weighted by atomic mass is 10.0. The first-order valence-corrected chi connectivity index (χ1v) is 13.0. The summed E-state index contributed by atoms with van der Waals surface area (Å²) in [6.45, 7) is 3.31. The molecule has 0 bridgehead atoms. The number of benzene rings is 1. The number of rotatable bonds is 10. The SMILES string of the molecule is CC[N+](C)(C/C=C/C1=C(C(=O)O)N2C(=O)[C@@H](NC(=O)Cc3ccccc3)[C@H]2SC1)CC(N)=O.O=C([O-])C(F)(F)F. The van der Waals surface area contributed by atoms with Crippen LogP contribution in [0, 0.1) is 0 Å². The van der Waals surface area contributed by atoms with Gasteiger partial charge in [-0.05, 0) is 24.1 Å². The van der Waals surface area contributed by atoms with Gasteiger partial charge in [-0.25, -0.2) is 4.79 Å². The summed E-state index contributed by atoms with van der Waals surface area (Å²) < 4.78 is 31.9. The van der Waals surface area contributed by atoms with E-state index in [4.69, 9.17) is 15.6 Å². The van der Waals surface area contributed by atoms with Crippen LogP contribution in [-0.2, 0) is 30.4 Å². The summed E-state index contributed by atoms with van der Waals surface area (Å²) in [6, 6.07) is 8.45. The number of fused-ring (bicyclic) bond motifs is 1. The molecule has 40 heavy (non-hydrogen) atoms. The third-order valence-electron chi connectivity index (χ3n) is 6.12. The van der Waals surface area contributed by atoms with Gasteiger partial charge in [-0.1, -0.05) is 36.4 Å². The van der Waals surface area contributed by atoms with Gasteiger partial charge < -0.3 is 30.5 Å². The fraction of sp³-hybridized carbons (Fsp3) is 0.400. The molecule has 3 rings (SSSR count). The molecule has 1 saturated heterocycles. The van der Waals surface area contributed by atoms with Crippen molar-refractivity contribution >= 4 is 41.4 Å². The standard InChI is InChI=1S/C23H28N4O5S.C2HF3O2/c1-3-27(2,13-17(24)28)11-7-10-16-14-33-22-19(21(30)26(22)20(16)23(31)32)25-18(29)12-15-8-5-4-6-9-15;3-2(4,5)1(6)7/h4-10,19,22H,3,11-14H2,1-2H3,(H3-,24,25,28,29,31,32);(H,6,7)/b10-7+;/t19-,22-,27?;/m1./s1. The van der Waals surface area contributed by atoms with Crippen molar-refractivity contribution in [3.8, 4) is 0 Å². The van der Waals surface area contributed by atoms with Crippen LogP contribution < -0.4 is 16.2 Å². The fourth-order valence-electron chi connectivity index (χ4n) is 3.91. The van der Waals surface area contributed by atoms with Gasteiger partial charge in [0.2, 0.25) is 5.91 Å². The molecule has 218 valence electrons. The van der Waals surface area contributed by atoms with Crippen LogP contribution in [-0.4, -0.2) is 94.2 Å². The molecular weight excluding hydrogens is 557 g/mol. The van der Waals surface area contributed by atoms with Crippen LogP contribution in [0.3, 0.4) is 0 Å². The molecule has 0 spiro atoms. The van der Waals surface area contributed by atoms with Crippen molar-refractivity contribution in [3.05, 3.63) is 59.3 Å². The number of amides is 3. The third-order valence-corrected chi connectivity index (χ3v) is 7.42. The summed E-state index contributed by atoms with van der Waals surface area (Å²) in [5.41, 5.74) is 6.63. The Morgan fingerprint density at radius 3 is 2.35 bits per heavy atom. The normalized spacial score (nSPS) is 20.0.